The van der Waals surface area contributed by atoms with Gasteiger partial charge in [-0.25, -0.2) is 0 Å². The predicted molar refractivity (Wildman–Crippen MR) is 72.6 cm³/mol. The molecular weight excluding hydrogens is 242 g/mol. The van der Waals surface area contributed by atoms with Crippen LogP contribution < -0.4 is 5.73 Å². The molecule has 5 heteroatoms. The van der Waals surface area contributed by atoms with Gasteiger partial charge in [0.05, 0.1) is 0 Å². The highest BCUT2D eigenvalue weighted by Gasteiger charge is 2.28. The highest BCUT2D eigenvalue weighted by Crippen LogP contribution is 2.35. The Labute approximate surface area is 114 Å². The molecular formula is C14H25N3O2. The zero-order chi connectivity index (χ0) is 13.5. The van der Waals surface area contributed by atoms with Gasteiger partial charge in [-0.15, -0.1) is 0 Å². The van der Waals surface area contributed by atoms with Crippen LogP contribution in [0.1, 0.15) is 62.8 Å². The van der Waals surface area contributed by atoms with Crippen LogP contribution in [0.5, 0.6) is 0 Å². The molecule has 1 heterocycles. The van der Waals surface area contributed by atoms with Gasteiger partial charge in [0.2, 0.25) is 11.7 Å². The van der Waals surface area contributed by atoms with Gasteiger partial charge in [0.25, 0.3) is 0 Å². The molecule has 1 atom stereocenters. The number of aromatic nitrogens is 2. The molecule has 1 unspecified atom stereocenters. The topological polar surface area (TPSA) is 74.2 Å². The summed E-state index contributed by atoms with van der Waals surface area (Å²) in [5.41, 5.74) is 5.48. The molecule has 108 valence electrons. The standard InChI is InChI=1S/C14H25N3O2/c1-18-13(11-7-3-2-4-8-11)14-16-12(19-17-14)9-5-6-10-15/h11,13H,2-10,15H2,1H3. The fraction of sp³-hybridized carbons (Fsp3) is 0.857. The molecule has 2 rings (SSSR count). The maximum Gasteiger partial charge on any atom is 0.226 e. The minimum absolute atomic E-state index is 0.00712. The molecule has 1 fully saturated rings. The second kappa shape index (κ2) is 7.60. The number of nitrogens with two attached hydrogens (primary N) is 1. The van der Waals surface area contributed by atoms with E-state index in [1.165, 1.54) is 32.1 Å². The molecule has 0 radical (unpaired) electrons. The number of methoxy groups -OCH3 is 1. The summed E-state index contributed by atoms with van der Waals surface area (Å²) < 4.78 is 10.9. The van der Waals surface area contributed by atoms with Gasteiger partial charge >= 0.3 is 0 Å². The Balaban J connectivity index is 1.94. The Hall–Kier alpha value is -0.940. The summed E-state index contributed by atoms with van der Waals surface area (Å²) in [6.45, 7) is 0.712. The third-order valence-corrected chi connectivity index (χ3v) is 3.91. The van der Waals surface area contributed by atoms with Crippen LogP contribution in [0.4, 0.5) is 0 Å². The summed E-state index contributed by atoms with van der Waals surface area (Å²) in [4.78, 5) is 4.48. The Morgan fingerprint density at radius 3 is 2.79 bits per heavy atom. The summed E-state index contributed by atoms with van der Waals surface area (Å²) in [5.74, 6) is 1.96. The van der Waals surface area contributed by atoms with Crippen molar-refractivity contribution in [3.8, 4) is 0 Å². The van der Waals surface area contributed by atoms with Crippen LogP contribution in [0.15, 0.2) is 4.52 Å². The van der Waals surface area contributed by atoms with E-state index < -0.39 is 0 Å². The van der Waals surface area contributed by atoms with E-state index in [0.717, 1.165) is 25.1 Å². The minimum atomic E-state index is -0.00712. The van der Waals surface area contributed by atoms with E-state index in [0.29, 0.717) is 18.4 Å². The first-order chi connectivity index (χ1) is 9.35. The van der Waals surface area contributed by atoms with E-state index in [1.54, 1.807) is 7.11 Å². The summed E-state index contributed by atoms with van der Waals surface area (Å²) in [6, 6.07) is 0. The lowest BCUT2D eigenvalue weighted by molar-refractivity contribution is 0.0273. The van der Waals surface area contributed by atoms with Crippen molar-refractivity contribution >= 4 is 0 Å². The molecule has 0 bridgehead atoms. The molecule has 1 saturated carbocycles. The SMILES string of the molecule is COC(c1noc(CCCCN)n1)C1CCCCC1. The molecule has 2 N–H and O–H groups in total. The summed E-state index contributed by atoms with van der Waals surface area (Å²) in [6.07, 6.45) is 9.11. The van der Waals surface area contributed by atoms with Crippen LogP contribution in [0, 0.1) is 5.92 Å². The fourth-order valence-electron chi connectivity index (χ4n) is 2.85. The monoisotopic (exact) mass is 267 g/mol. The number of unbranched alkanes of at least 4 members (excludes halogenated alkanes) is 1. The largest absolute Gasteiger partial charge is 0.373 e. The second-order valence-corrected chi connectivity index (χ2v) is 5.35. The number of aryl methyl sites for hydroxylation is 1. The Morgan fingerprint density at radius 1 is 1.32 bits per heavy atom. The lowest BCUT2D eigenvalue weighted by Gasteiger charge is -2.26. The smallest absolute Gasteiger partial charge is 0.226 e. The first kappa shape index (κ1) is 14.5. The first-order valence-corrected chi connectivity index (χ1v) is 7.40. The molecule has 0 aliphatic heterocycles. The zero-order valence-corrected chi connectivity index (χ0v) is 11.8. The quantitative estimate of drug-likeness (QED) is 0.769. The van der Waals surface area contributed by atoms with Crippen molar-refractivity contribution in [2.45, 2.75) is 57.5 Å². The van der Waals surface area contributed by atoms with Crippen LogP contribution in [-0.2, 0) is 11.2 Å². The van der Waals surface area contributed by atoms with Crippen molar-refractivity contribution in [2.24, 2.45) is 11.7 Å². The molecule has 0 saturated heterocycles. The van der Waals surface area contributed by atoms with Gasteiger partial charge in [-0.3, -0.25) is 0 Å². The maximum absolute atomic E-state index is 5.61. The normalized spacial score (nSPS) is 18.6. The molecule has 5 nitrogen and oxygen atoms in total. The van der Waals surface area contributed by atoms with Gasteiger partial charge in [-0.05, 0) is 38.1 Å². The van der Waals surface area contributed by atoms with Crippen LogP contribution >= 0.6 is 0 Å². The van der Waals surface area contributed by atoms with Crippen molar-refractivity contribution in [1.29, 1.82) is 0 Å². The highest BCUT2D eigenvalue weighted by molar-refractivity contribution is 4.95. The van der Waals surface area contributed by atoms with Gasteiger partial charge in [0, 0.05) is 13.5 Å². The van der Waals surface area contributed by atoms with E-state index in [-0.39, 0.29) is 6.10 Å². The third-order valence-electron chi connectivity index (χ3n) is 3.91. The molecule has 0 spiro atoms. The van der Waals surface area contributed by atoms with Crippen LogP contribution in [0.2, 0.25) is 0 Å². The van der Waals surface area contributed by atoms with Crippen molar-refractivity contribution < 1.29 is 9.26 Å². The number of ether oxygens (including phenoxy) is 1. The van der Waals surface area contributed by atoms with Crippen molar-refractivity contribution in [1.82, 2.24) is 10.1 Å². The van der Waals surface area contributed by atoms with Crippen molar-refractivity contribution in [3.63, 3.8) is 0 Å². The van der Waals surface area contributed by atoms with E-state index in [1.807, 2.05) is 0 Å². The third kappa shape index (κ3) is 4.01. The van der Waals surface area contributed by atoms with E-state index in [9.17, 15) is 0 Å². The highest BCUT2D eigenvalue weighted by atomic mass is 16.5. The lowest BCUT2D eigenvalue weighted by Crippen LogP contribution is -2.19. The summed E-state index contributed by atoms with van der Waals surface area (Å²) in [5, 5.41) is 4.10. The zero-order valence-electron chi connectivity index (χ0n) is 11.8. The lowest BCUT2D eigenvalue weighted by atomic mass is 9.85. The fourth-order valence-corrected chi connectivity index (χ4v) is 2.85. The summed E-state index contributed by atoms with van der Waals surface area (Å²) >= 11 is 0. The summed E-state index contributed by atoms with van der Waals surface area (Å²) in [7, 11) is 1.74. The molecule has 0 aromatic carbocycles. The van der Waals surface area contributed by atoms with Crippen molar-refractivity contribution in [2.75, 3.05) is 13.7 Å². The molecule has 19 heavy (non-hydrogen) atoms. The molecule has 1 aromatic heterocycles. The molecule has 1 aromatic rings. The Kier molecular flexibility index (Phi) is 5.79. The maximum atomic E-state index is 5.61. The molecule has 1 aliphatic carbocycles. The van der Waals surface area contributed by atoms with Crippen LogP contribution in [0.25, 0.3) is 0 Å². The van der Waals surface area contributed by atoms with Crippen LogP contribution in [0.3, 0.4) is 0 Å². The average molecular weight is 267 g/mol. The first-order valence-electron chi connectivity index (χ1n) is 7.40. The molecule has 0 amide bonds. The predicted octanol–water partition coefficient (Wildman–Crippen LogP) is 2.62. The number of nitrogens with zero attached hydrogens (tertiary/aromatic N) is 2. The minimum Gasteiger partial charge on any atom is -0.373 e. The van der Waals surface area contributed by atoms with Crippen molar-refractivity contribution in [3.05, 3.63) is 11.7 Å². The Bertz CT molecular complexity index is 361. The average Bonchev–Trinajstić information content (AvgIpc) is 2.90. The number of hydrogen-bond donors (Lipinski definition) is 1. The Morgan fingerprint density at radius 2 is 2.11 bits per heavy atom. The van der Waals surface area contributed by atoms with E-state index in [2.05, 4.69) is 10.1 Å². The number of rotatable bonds is 7. The van der Waals surface area contributed by atoms with E-state index >= 15 is 0 Å². The second-order valence-electron chi connectivity index (χ2n) is 5.35. The van der Waals surface area contributed by atoms with Gasteiger partial charge in [-0.2, -0.15) is 4.98 Å². The molecule has 1 aliphatic rings. The van der Waals surface area contributed by atoms with Gasteiger partial charge in [0.1, 0.15) is 6.10 Å². The van der Waals surface area contributed by atoms with Gasteiger partial charge < -0.3 is 15.0 Å². The van der Waals surface area contributed by atoms with E-state index in [4.69, 9.17) is 15.0 Å². The van der Waals surface area contributed by atoms with Crippen LogP contribution in [-0.4, -0.2) is 23.8 Å². The van der Waals surface area contributed by atoms with Gasteiger partial charge in [0.15, 0.2) is 0 Å². The van der Waals surface area contributed by atoms with Gasteiger partial charge in [-0.1, -0.05) is 24.4 Å². The number of hydrogen-bond acceptors (Lipinski definition) is 5.